The molecule has 0 saturated heterocycles. The quantitative estimate of drug-likeness (QED) is 0.804. The van der Waals surface area contributed by atoms with Crippen molar-refractivity contribution in [3.05, 3.63) is 11.5 Å². The fourth-order valence-corrected chi connectivity index (χ4v) is 1.12. The van der Waals surface area contributed by atoms with E-state index in [9.17, 15) is 4.79 Å². The standard InChI is InChI=1S/C10H17N3O2/c1-6(2)5-11-10(14)12-9-7(3)13-15-8(9)4/h6H,5H2,1-4H3,(H2,11,12,14). The Labute approximate surface area is 89.2 Å². The summed E-state index contributed by atoms with van der Waals surface area (Å²) >= 11 is 0. The highest BCUT2D eigenvalue weighted by molar-refractivity contribution is 5.90. The molecule has 2 amide bonds. The van der Waals surface area contributed by atoms with E-state index in [4.69, 9.17) is 4.52 Å². The van der Waals surface area contributed by atoms with Gasteiger partial charge < -0.3 is 15.2 Å². The summed E-state index contributed by atoms with van der Waals surface area (Å²) < 4.78 is 4.93. The highest BCUT2D eigenvalue weighted by atomic mass is 16.5. The van der Waals surface area contributed by atoms with E-state index in [1.807, 2.05) is 13.8 Å². The summed E-state index contributed by atoms with van der Waals surface area (Å²) in [6.07, 6.45) is 0. The van der Waals surface area contributed by atoms with E-state index in [1.54, 1.807) is 13.8 Å². The predicted molar refractivity (Wildman–Crippen MR) is 57.8 cm³/mol. The minimum Gasteiger partial charge on any atom is -0.359 e. The van der Waals surface area contributed by atoms with Crippen molar-refractivity contribution in [1.29, 1.82) is 0 Å². The smallest absolute Gasteiger partial charge is 0.319 e. The number of carbonyl (C=O) groups excluding carboxylic acids is 1. The van der Waals surface area contributed by atoms with Crippen molar-refractivity contribution in [2.24, 2.45) is 5.92 Å². The normalized spacial score (nSPS) is 10.5. The average molecular weight is 211 g/mol. The van der Waals surface area contributed by atoms with Gasteiger partial charge >= 0.3 is 6.03 Å². The molecule has 0 fully saturated rings. The zero-order chi connectivity index (χ0) is 11.4. The van der Waals surface area contributed by atoms with Crippen molar-refractivity contribution in [3.8, 4) is 0 Å². The third-order valence-electron chi connectivity index (χ3n) is 1.94. The van der Waals surface area contributed by atoms with Crippen LogP contribution in [0.15, 0.2) is 4.52 Å². The van der Waals surface area contributed by atoms with Crippen LogP contribution >= 0.6 is 0 Å². The maximum atomic E-state index is 11.4. The van der Waals surface area contributed by atoms with Gasteiger partial charge in [-0.15, -0.1) is 0 Å². The number of urea groups is 1. The van der Waals surface area contributed by atoms with Crippen LogP contribution in [0.5, 0.6) is 0 Å². The summed E-state index contributed by atoms with van der Waals surface area (Å²) in [5.41, 5.74) is 1.34. The Morgan fingerprint density at radius 3 is 2.60 bits per heavy atom. The number of amides is 2. The number of nitrogens with one attached hydrogen (secondary N) is 2. The molecule has 5 heteroatoms. The molecule has 0 saturated carbocycles. The number of anilines is 1. The van der Waals surface area contributed by atoms with E-state index in [0.29, 0.717) is 29.6 Å². The third-order valence-corrected chi connectivity index (χ3v) is 1.94. The summed E-state index contributed by atoms with van der Waals surface area (Å²) in [5.74, 6) is 1.05. The van der Waals surface area contributed by atoms with Gasteiger partial charge in [0.25, 0.3) is 0 Å². The van der Waals surface area contributed by atoms with Crippen LogP contribution in [0.1, 0.15) is 25.3 Å². The number of nitrogens with zero attached hydrogens (tertiary/aromatic N) is 1. The topological polar surface area (TPSA) is 67.2 Å². The fraction of sp³-hybridized carbons (Fsp3) is 0.600. The number of rotatable bonds is 3. The van der Waals surface area contributed by atoms with Gasteiger partial charge in [-0.1, -0.05) is 19.0 Å². The summed E-state index contributed by atoms with van der Waals surface area (Å²) in [6, 6.07) is -0.224. The van der Waals surface area contributed by atoms with E-state index >= 15 is 0 Å². The van der Waals surface area contributed by atoms with Crippen LogP contribution in [0.3, 0.4) is 0 Å². The molecule has 0 atom stereocenters. The largest absolute Gasteiger partial charge is 0.359 e. The first kappa shape index (κ1) is 11.6. The molecule has 84 valence electrons. The molecule has 1 aromatic heterocycles. The van der Waals surface area contributed by atoms with Crippen LogP contribution in [0.4, 0.5) is 10.5 Å². The SMILES string of the molecule is Cc1noc(C)c1NC(=O)NCC(C)C. The number of carbonyl (C=O) groups is 1. The summed E-state index contributed by atoms with van der Waals surface area (Å²) in [5, 5.41) is 9.21. The lowest BCUT2D eigenvalue weighted by Crippen LogP contribution is -2.31. The number of aromatic nitrogens is 1. The van der Waals surface area contributed by atoms with E-state index in [-0.39, 0.29) is 6.03 Å². The molecule has 0 bridgehead atoms. The van der Waals surface area contributed by atoms with Gasteiger partial charge in [0.1, 0.15) is 11.4 Å². The molecule has 0 radical (unpaired) electrons. The zero-order valence-corrected chi connectivity index (χ0v) is 9.55. The van der Waals surface area contributed by atoms with Crippen molar-refractivity contribution in [3.63, 3.8) is 0 Å². The van der Waals surface area contributed by atoms with E-state index in [2.05, 4.69) is 15.8 Å². The lowest BCUT2D eigenvalue weighted by Gasteiger charge is -2.08. The maximum Gasteiger partial charge on any atom is 0.319 e. The third kappa shape index (κ3) is 3.27. The maximum absolute atomic E-state index is 11.4. The van der Waals surface area contributed by atoms with E-state index in [0.717, 1.165) is 0 Å². The van der Waals surface area contributed by atoms with Crippen LogP contribution in [0, 0.1) is 19.8 Å². The molecule has 0 aliphatic carbocycles. The van der Waals surface area contributed by atoms with Crippen LogP contribution < -0.4 is 10.6 Å². The van der Waals surface area contributed by atoms with E-state index in [1.165, 1.54) is 0 Å². The molecule has 1 aromatic rings. The molecule has 5 nitrogen and oxygen atoms in total. The first-order valence-electron chi connectivity index (χ1n) is 4.98. The highest BCUT2D eigenvalue weighted by Crippen LogP contribution is 2.18. The minimum absolute atomic E-state index is 0.224. The van der Waals surface area contributed by atoms with Gasteiger partial charge in [0.15, 0.2) is 5.76 Å². The molecule has 0 spiro atoms. The summed E-state index contributed by atoms with van der Waals surface area (Å²) in [6.45, 7) is 8.27. The Morgan fingerprint density at radius 2 is 2.13 bits per heavy atom. The Bertz CT molecular complexity index is 325. The second kappa shape index (κ2) is 4.82. The first-order valence-corrected chi connectivity index (χ1v) is 4.98. The molecular weight excluding hydrogens is 194 g/mol. The molecule has 2 N–H and O–H groups in total. The number of aryl methyl sites for hydroxylation is 2. The molecule has 0 aromatic carbocycles. The summed E-state index contributed by atoms with van der Waals surface area (Å²) in [7, 11) is 0. The zero-order valence-electron chi connectivity index (χ0n) is 9.55. The molecule has 1 heterocycles. The van der Waals surface area contributed by atoms with Gasteiger partial charge in [0, 0.05) is 6.54 Å². The Kier molecular flexibility index (Phi) is 3.71. The van der Waals surface area contributed by atoms with Gasteiger partial charge in [0.05, 0.1) is 0 Å². The molecule has 1 rings (SSSR count). The van der Waals surface area contributed by atoms with Crippen molar-refractivity contribution in [2.75, 3.05) is 11.9 Å². The monoisotopic (exact) mass is 211 g/mol. The Morgan fingerprint density at radius 1 is 1.47 bits per heavy atom. The molecule has 15 heavy (non-hydrogen) atoms. The highest BCUT2D eigenvalue weighted by Gasteiger charge is 2.11. The van der Waals surface area contributed by atoms with Crippen molar-refractivity contribution in [2.45, 2.75) is 27.7 Å². The Balaban J connectivity index is 2.51. The minimum atomic E-state index is -0.224. The van der Waals surface area contributed by atoms with Crippen molar-refractivity contribution >= 4 is 11.7 Å². The van der Waals surface area contributed by atoms with Crippen LogP contribution in [-0.4, -0.2) is 17.7 Å². The van der Waals surface area contributed by atoms with Gasteiger partial charge in [-0.25, -0.2) is 4.79 Å². The molecule has 0 unspecified atom stereocenters. The number of hydrogen-bond acceptors (Lipinski definition) is 3. The predicted octanol–water partition coefficient (Wildman–Crippen LogP) is 2.07. The first-order chi connectivity index (χ1) is 7.00. The lowest BCUT2D eigenvalue weighted by molar-refractivity contribution is 0.251. The Hall–Kier alpha value is -1.52. The second-order valence-electron chi connectivity index (χ2n) is 3.93. The summed E-state index contributed by atoms with van der Waals surface area (Å²) in [4.78, 5) is 11.4. The second-order valence-corrected chi connectivity index (χ2v) is 3.93. The van der Waals surface area contributed by atoms with Gasteiger partial charge in [-0.2, -0.15) is 0 Å². The van der Waals surface area contributed by atoms with Crippen LogP contribution in [-0.2, 0) is 0 Å². The van der Waals surface area contributed by atoms with Crippen molar-refractivity contribution in [1.82, 2.24) is 10.5 Å². The van der Waals surface area contributed by atoms with Gasteiger partial charge in [-0.05, 0) is 19.8 Å². The molecule has 0 aliphatic rings. The van der Waals surface area contributed by atoms with Crippen molar-refractivity contribution < 1.29 is 9.32 Å². The van der Waals surface area contributed by atoms with E-state index < -0.39 is 0 Å². The molecular formula is C10H17N3O2. The fourth-order valence-electron chi connectivity index (χ4n) is 1.12. The molecule has 0 aliphatic heterocycles. The number of hydrogen-bond donors (Lipinski definition) is 2. The lowest BCUT2D eigenvalue weighted by atomic mass is 10.2. The average Bonchev–Trinajstić information content (AvgIpc) is 2.46. The van der Waals surface area contributed by atoms with Gasteiger partial charge in [-0.3, -0.25) is 0 Å². The van der Waals surface area contributed by atoms with Crippen LogP contribution in [0.25, 0.3) is 0 Å². The van der Waals surface area contributed by atoms with Crippen LogP contribution in [0.2, 0.25) is 0 Å². The van der Waals surface area contributed by atoms with Gasteiger partial charge in [0.2, 0.25) is 0 Å².